The summed E-state index contributed by atoms with van der Waals surface area (Å²) in [6, 6.07) is 5.50. The highest BCUT2D eigenvalue weighted by molar-refractivity contribution is 6.47. The number of likely N-dealkylation sites (tertiary alicyclic amines) is 1. The SMILES string of the molecule is CC(=O)c1cccc2c1OB(O)[C@@H](CC(=O)CN1CCC(NCCCC(C)C)CC1=O)C2. The van der Waals surface area contributed by atoms with Crippen LogP contribution < -0.4 is 9.97 Å². The van der Waals surface area contributed by atoms with E-state index in [-0.39, 0.29) is 36.5 Å². The highest BCUT2D eigenvalue weighted by Crippen LogP contribution is 2.36. The van der Waals surface area contributed by atoms with Crippen LogP contribution in [0.3, 0.4) is 0 Å². The Labute approximate surface area is 191 Å². The maximum Gasteiger partial charge on any atom is 0.526 e. The summed E-state index contributed by atoms with van der Waals surface area (Å²) >= 11 is 0. The predicted molar refractivity (Wildman–Crippen MR) is 124 cm³/mol. The van der Waals surface area contributed by atoms with Crippen molar-refractivity contribution in [3.05, 3.63) is 29.3 Å². The molecule has 0 aliphatic carbocycles. The zero-order valence-corrected chi connectivity index (χ0v) is 19.4. The van der Waals surface area contributed by atoms with Crippen LogP contribution in [-0.4, -0.2) is 60.2 Å². The number of carbonyl (C=O) groups is 3. The van der Waals surface area contributed by atoms with E-state index in [4.69, 9.17) is 4.65 Å². The van der Waals surface area contributed by atoms with Crippen molar-refractivity contribution in [1.29, 1.82) is 0 Å². The third-order valence-corrected chi connectivity index (χ3v) is 6.37. The number of nitrogens with zero attached hydrogens (tertiary/aromatic N) is 1. The standard InChI is InChI=1S/C24H35BN2O5/c1-16(2)6-5-10-26-20-9-11-27(23(30)14-20)15-21(29)13-19-12-18-7-4-8-22(17(3)28)24(18)32-25(19)31/h4,7-8,16,19-20,26,31H,5-6,9-15H2,1-3H3/t19-,20?/m1/s1. The molecule has 32 heavy (non-hydrogen) atoms. The van der Waals surface area contributed by atoms with Gasteiger partial charge in [0.05, 0.1) is 12.1 Å². The van der Waals surface area contributed by atoms with Gasteiger partial charge >= 0.3 is 7.12 Å². The maximum absolute atomic E-state index is 12.7. The minimum Gasteiger partial charge on any atom is -0.535 e. The van der Waals surface area contributed by atoms with Crippen molar-refractivity contribution in [3.63, 3.8) is 0 Å². The summed E-state index contributed by atoms with van der Waals surface area (Å²) in [5.41, 5.74) is 1.26. The average Bonchev–Trinajstić information content (AvgIpc) is 2.73. The molecule has 8 heteroatoms. The summed E-state index contributed by atoms with van der Waals surface area (Å²) in [6.07, 6.45) is 4.13. The lowest BCUT2D eigenvalue weighted by Gasteiger charge is -2.33. The van der Waals surface area contributed by atoms with Crippen LogP contribution in [-0.2, 0) is 16.0 Å². The molecule has 2 heterocycles. The van der Waals surface area contributed by atoms with Gasteiger partial charge in [0.25, 0.3) is 0 Å². The molecule has 1 aromatic carbocycles. The summed E-state index contributed by atoms with van der Waals surface area (Å²) < 4.78 is 5.62. The molecule has 1 saturated heterocycles. The van der Waals surface area contributed by atoms with E-state index < -0.39 is 12.9 Å². The van der Waals surface area contributed by atoms with E-state index in [9.17, 15) is 19.4 Å². The summed E-state index contributed by atoms with van der Waals surface area (Å²) in [7, 11) is -1.15. The molecule has 2 N–H and O–H groups in total. The fourth-order valence-electron chi connectivity index (χ4n) is 4.54. The Morgan fingerprint density at radius 1 is 1.31 bits per heavy atom. The van der Waals surface area contributed by atoms with Gasteiger partial charge in [-0.1, -0.05) is 26.0 Å². The van der Waals surface area contributed by atoms with Crippen molar-refractivity contribution < 1.29 is 24.1 Å². The van der Waals surface area contributed by atoms with Crippen molar-refractivity contribution in [2.45, 2.75) is 71.2 Å². The normalized spacial score (nSPS) is 20.8. The minimum absolute atomic E-state index is 0.00264. The van der Waals surface area contributed by atoms with E-state index in [0.717, 1.165) is 24.9 Å². The third kappa shape index (κ3) is 6.42. The van der Waals surface area contributed by atoms with E-state index in [0.29, 0.717) is 36.6 Å². The number of ketones is 2. The van der Waals surface area contributed by atoms with Crippen LogP contribution in [0, 0.1) is 5.92 Å². The van der Waals surface area contributed by atoms with E-state index in [2.05, 4.69) is 19.2 Å². The highest BCUT2D eigenvalue weighted by Gasteiger charge is 2.38. The molecule has 0 saturated carbocycles. The average molecular weight is 442 g/mol. The van der Waals surface area contributed by atoms with Gasteiger partial charge in [-0.25, -0.2) is 0 Å². The molecule has 7 nitrogen and oxygen atoms in total. The Bertz CT molecular complexity index is 844. The number of fused-ring (bicyclic) bond motifs is 1. The van der Waals surface area contributed by atoms with Gasteiger partial charge in [0.15, 0.2) is 11.6 Å². The quantitative estimate of drug-likeness (QED) is 0.329. The van der Waals surface area contributed by atoms with Gasteiger partial charge in [0, 0.05) is 31.2 Å². The molecule has 2 aliphatic rings. The largest absolute Gasteiger partial charge is 0.535 e. The van der Waals surface area contributed by atoms with E-state index in [1.165, 1.54) is 13.3 Å². The molecule has 1 fully saturated rings. The van der Waals surface area contributed by atoms with Crippen LogP contribution in [0.2, 0.25) is 5.82 Å². The fraction of sp³-hybridized carbons (Fsp3) is 0.625. The number of hydrogen-bond acceptors (Lipinski definition) is 6. The minimum atomic E-state index is -1.15. The molecule has 0 spiro atoms. The molecular formula is C24H35BN2O5. The Balaban J connectivity index is 1.47. The number of carbonyl (C=O) groups excluding carboxylic acids is 3. The fourth-order valence-corrected chi connectivity index (χ4v) is 4.54. The first kappa shape index (κ1) is 24.5. The second-order valence-electron chi connectivity index (χ2n) is 9.56. The first-order chi connectivity index (χ1) is 15.2. The molecule has 0 aromatic heterocycles. The van der Waals surface area contributed by atoms with Gasteiger partial charge in [-0.15, -0.1) is 0 Å². The lowest BCUT2D eigenvalue weighted by molar-refractivity contribution is -0.138. The number of para-hydroxylation sites is 1. The van der Waals surface area contributed by atoms with Crippen LogP contribution in [0.5, 0.6) is 5.75 Å². The van der Waals surface area contributed by atoms with E-state index >= 15 is 0 Å². The molecular weight excluding hydrogens is 407 g/mol. The van der Waals surface area contributed by atoms with Crippen molar-refractivity contribution >= 4 is 24.6 Å². The number of piperidine rings is 1. The predicted octanol–water partition coefficient (Wildman–Crippen LogP) is 2.65. The number of rotatable bonds is 10. The van der Waals surface area contributed by atoms with Crippen LogP contribution in [0.4, 0.5) is 0 Å². The zero-order valence-electron chi connectivity index (χ0n) is 19.4. The number of nitrogens with one attached hydrogen (secondary N) is 1. The monoisotopic (exact) mass is 442 g/mol. The van der Waals surface area contributed by atoms with Crippen molar-refractivity contribution in [1.82, 2.24) is 10.2 Å². The van der Waals surface area contributed by atoms with Crippen LogP contribution >= 0.6 is 0 Å². The molecule has 1 aromatic rings. The lowest BCUT2D eigenvalue weighted by atomic mass is 9.64. The third-order valence-electron chi connectivity index (χ3n) is 6.37. The van der Waals surface area contributed by atoms with Crippen LogP contribution in [0.25, 0.3) is 0 Å². The topological polar surface area (TPSA) is 95.9 Å². The van der Waals surface area contributed by atoms with Gasteiger partial charge in [0.1, 0.15) is 5.75 Å². The Kier molecular flexibility index (Phi) is 8.48. The first-order valence-electron chi connectivity index (χ1n) is 11.7. The first-order valence-corrected chi connectivity index (χ1v) is 11.7. The van der Waals surface area contributed by atoms with Crippen LogP contribution in [0.15, 0.2) is 18.2 Å². The smallest absolute Gasteiger partial charge is 0.526 e. The molecule has 3 rings (SSSR count). The number of hydrogen-bond donors (Lipinski definition) is 2. The molecule has 0 radical (unpaired) electrons. The number of benzene rings is 1. The Morgan fingerprint density at radius 3 is 2.78 bits per heavy atom. The summed E-state index contributed by atoms with van der Waals surface area (Å²) in [5, 5.41) is 13.9. The summed E-state index contributed by atoms with van der Waals surface area (Å²) in [6.45, 7) is 7.44. The summed E-state index contributed by atoms with van der Waals surface area (Å²) in [4.78, 5) is 38.6. The molecule has 1 amide bonds. The molecule has 2 atom stereocenters. The Hall–Kier alpha value is -2.19. The lowest BCUT2D eigenvalue weighted by Crippen LogP contribution is -2.48. The highest BCUT2D eigenvalue weighted by atomic mass is 16.5. The van der Waals surface area contributed by atoms with Gasteiger partial charge < -0.3 is 19.9 Å². The molecule has 1 unspecified atom stereocenters. The zero-order chi connectivity index (χ0) is 23.3. The summed E-state index contributed by atoms with van der Waals surface area (Å²) in [5.74, 6) is 0.495. The van der Waals surface area contributed by atoms with Crippen molar-refractivity contribution in [2.75, 3.05) is 19.6 Å². The van der Waals surface area contributed by atoms with Gasteiger partial charge in [-0.05, 0) is 56.7 Å². The maximum atomic E-state index is 12.7. The molecule has 174 valence electrons. The van der Waals surface area contributed by atoms with E-state index in [1.807, 2.05) is 6.07 Å². The van der Waals surface area contributed by atoms with Gasteiger partial charge in [-0.3, -0.25) is 14.4 Å². The van der Waals surface area contributed by atoms with Crippen molar-refractivity contribution in [3.8, 4) is 5.75 Å². The van der Waals surface area contributed by atoms with Gasteiger partial charge in [-0.2, -0.15) is 0 Å². The number of amides is 1. The molecule has 2 aliphatic heterocycles. The van der Waals surface area contributed by atoms with Crippen LogP contribution in [0.1, 0.15) is 68.8 Å². The van der Waals surface area contributed by atoms with Gasteiger partial charge in [0.2, 0.25) is 5.91 Å². The second kappa shape index (κ2) is 11.1. The molecule has 0 bridgehead atoms. The second-order valence-corrected chi connectivity index (χ2v) is 9.56. The van der Waals surface area contributed by atoms with E-state index in [1.54, 1.807) is 17.0 Å². The number of Topliss-reactive ketones (excluding diaryl/α,β-unsaturated/α-hetero) is 2. The van der Waals surface area contributed by atoms with Crippen molar-refractivity contribution in [2.24, 2.45) is 5.92 Å². The Morgan fingerprint density at radius 2 is 2.09 bits per heavy atom.